The van der Waals surface area contributed by atoms with E-state index in [2.05, 4.69) is 19.9 Å². The van der Waals surface area contributed by atoms with E-state index in [-0.39, 0.29) is 0 Å². The first-order chi connectivity index (χ1) is 11.8. The molecule has 1 aliphatic heterocycles. The molecule has 124 valence electrons. The highest BCUT2D eigenvalue weighted by molar-refractivity contribution is 5.88. The molecule has 6 heteroatoms. The fourth-order valence-corrected chi connectivity index (χ4v) is 3.18. The molecule has 24 heavy (non-hydrogen) atoms. The van der Waals surface area contributed by atoms with Gasteiger partial charge in [0, 0.05) is 31.7 Å². The van der Waals surface area contributed by atoms with Gasteiger partial charge in [-0.25, -0.2) is 9.97 Å². The summed E-state index contributed by atoms with van der Waals surface area (Å²) in [6.07, 6.45) is 9.05. The summed E-state index contributed by atoms with van der Waals surface area (Å²) in [5, 5.41) is 1.09. The summed E-state index contributed by atoms with van der Waals surface area (Å²) in [4.78, 5) is 15.3. The lowest BCUT2D eigenvalue weighted by atomic mass is 9.97. The van der Waals surface area contributed by atoms with Gasteiger partial charge in [0.15, 0.2) is 0 Å². The third-order valence-corrected chi connectivity index (χ3v) is 4.56. The van der Waals surface area contributed by atoms with E-state index in [1.807, 2.05) is 25.3 Å². The number of anilines is 1. The number of nitrogens with zero attached hydrogens (tertiary/aromatic N) is 4. The van der Waals surface area contributed by atoms with Crippen LogP contribution in [0.5, 0.6) is 5.88 Å². The number of ether oxygens (including phenoxy) is 1. The van der Waals surface area contributed by atoms with Gasteiger partial charge < -0.3 is 14.1 Å². The zero-order chi connectivity index (χ0) is 16.4. The lowest BCUT2D eigenvalue weighted by molar-refractivity contribution is 0.214. The molecule has 0 radical (unpaired) electrons. The van der Waals surface area contributed by atoms with Crippen LogP contribution >= 0.6 is 0 Å². The van der Waals surface area contributed by atoms with E-state index in [1.165, 1.54) is 0 Å². The second-order valence-electron chi connectivity index (χ2n) is 6.16. The van der Waals surface area contributed by atoms with E-state index in [4.69, 9.17) is 9.15 Å². The van der Waals surface area contributed by atoms with Gasteiger partial charge in [0.05, 0.1) is 24.0 Å². The van der Waals surface area contributed by atoms with E-state index in [9.17, 15) is 0 Å². The molecule has 0 saturated carbocycles. The highest BCUT2D eigenvalue weighted by Crippen LogP contribution is 2.29. The van der Waals surface area contributed by atoms with E-state index in [1.54, 1.807) is 18.7 Å². The van der Waals surface area contributed by atoms with Gasteiger partial charge in [0.1, 0.15) is 11.4 Å². The third kappa shape index (κ3) is 2.91. The molecule has 0 aromatic carbocycles. The number of hydrogen-bond acceptors (Lipinski definition) is 6. The van der Waals surface area contributed by atoms with Gasteiger partial charge in [-0.15, -0.1) is 0 Å². The van der Waals surface area contributed by atoms with Crippen molar-refractivity contribution < 1.29 is 9.15 Å². The topological polar surface area (TPSA) is 64.3 Å². The minimum Gasteiger partial charge on any atom is -0.476 e. The van der Waals surface area contributed by atoms with Crippen molar-refractivity contribution in [1.29, 1.82) is 0 Å². The first-order valence-corrected chi connectivity index (χ1v) is 8.29. The predicted molar refractivity (Wildman–Crippen MR) is 91.2 cm³/mol. The van der Waals surface area contributed by atoms with E-state index < -0.39 is 0 Å². The first-order valence-electron chi connectivity index (χ1n) is 8.29. The highest BCUT2D eigenvalue weighted by Gasteiger charge is 2.22. The number of pyridine rings is 1. The second-order valence-corrected chi connectivity index (χ2v) is 6.16. The summed E-state index contributed by atoms with van der Waals surface area (Å²) in [7, 11) is 0. The van der Waals surface area contributed by atoms with Crippen LogP contribution in [0.1, 0.15) is 18.5 Å². The quantitative estimate of drug-likeness (QED) is 0.734. The van der Waals surface area contributed by atoms with Crippen molar-refractivity contribution in [3.05, 3.63) is 42.7 Å². The van der Waals surface area contributed by atoms with Crippen LogP contribution in [0.25, 0.3) is 11.0 Å². The Balaban J connectivity index is 1.37. The van der Waals surface area contributed by atoms with Crippen molar-refractivity contribution >= 4 is 16.8 Å². The van der Waals surface area contributed by atoms with Crippen LogP contribution in [-0.2, 0) is 0 Å². The molecule has 1 saturated heterocycles. The van der Waals surface area contributed by atoms with Crippen LogP contribution in [0.4, 0.5) is 5.82 Å². The average Bonchev–Trinajstić information content (AvgIpc) is 3.10. The Labute approximate surface area is 140 Å². The number of piperidine rings is 1. The van der Waals surface area contributed by atoms with Crippen LogP contribution in [0.3, 0.4) is 0 Å². The number of aryl methyl sites for hydroxylation is 1. The monoisotopic (exact) mass is 324 g/mol. The fourth-order valence-electron chi connectivity index (χ4n) is 3.18. The fraction of sp³-hybridized carbons (Fsp3) is 0.389. The largest absolute Gasteiger partial charge is 0.476 e. The van der Waals surface area contributed by atoms with Crippen LogP contribution < -0.4 is 9.64 Å². The van der Waals surface area contributed by atoms with Crippen molar-refractivity contribution in [3.8, 4) is 5.88 Å². The minimum atomic E-state index is 0.534. The summed E-state index contributed by atoms with van der Waals surface area (Å²) < 4.78 is 11.3. The summed E-state index contributed by atoms with van der Waals surface area (Å²) in [5.74, 6) is 2.20. The average molecular weight is 324 g/mol. The smallest absolute Gasteiger partial charge is 0.235 e. The Morgan fingerprint density at radius 3 is 2.79 bits per heavy atom. The van der Waals surface area contributed by atoms with Gasteiger partial charge in [-0.1, -0.05) is 0 Å². The van der Waals surface area contributed by atoms with Gasteiger partial charge in [-0.05, 0) is 37.8 Å². The van der Waals surface area contributed by atoms with Crippen LogP contribution in [0.2, 0.25) is 0 Å². The normalized spacial score (nSPS) is 15.8. The van der Waals surface area contributed by atoms with Gasteiger partial charge in [0.2, 0.25) is 5.88 Å². The highest BCUT2D eigenvalue weighted by atomic mass is 16.5. The van der Waals surface area contributed by atoms with Crippen molar-refractivity contribution in [2.24, 2.45) is 5.92 Å². The third-order valence-electron chi connectivity index (χ3n) is 4.56. The molecule has 6 nitrogen and oxygen atoms in total. The maximum atomic E-state index is 5.85. The molecule has 0 spiro atoms. The molecular weight excluding hydrogens is 304 g/mol. The molecule has 1 aliphatic rings. The molecule has 0 aliphatic carbocycles. The van der Waals surface area contributed by atoms with E-state index in [0.717, 1.165) is 48.4 Å². The SMILES string of the molecule is Cc1nccnc1OCC1CCN(c2nccc3occc23)CC1. The van der Waals surface area contributed by atoms with Crippen LogP contribution in [0, 0.1) is 12.8 Å². The Hall–Kier alpha value is -2.63. The molecule has 0 amide bonds. The standard InChI is InChI=1S/C18H20N4O2/c1-13-18(21-8-7-19-13)24-12-14-3-9-22(10-4-14)17-15-5-11-23-16(15)2-6-20-17/h2,5-8,11,14H,3-4,9-10,12H2,1H3. The molecule has 4 rings (SSSR count). The molecule has 1 fully saturated rings. The number of furan rings is 1. The zero-order valence-electron chi connectivity index (χ0n) is 13.7. The minimum absolute atomic E-state index is 0.534. The lowest BCUT2D eigenvalue weighted by Gasteiger charge is -2.32. The summed E-state index contributed by atoms with van der Waals surface area (Å²) in [5.41, 5.74) is 1.73. The number of rotatable bonds is 4. The Kier molecular flexibility index (Phi) is 4.02. The molecule has 4 heterocycles. The molecule has 0 atom stereocenters. The molecular formula is C18H20N4O2. The molecule has 0 unspecified atom stereocenters. The predicted octanol–water partition coefficient (Wildman–Crippen LogP) is 3.22. The summed E-state index contributed by atoms with van der Waals surface area (Å²) in [6, 6.07) is 3.90. The van der Waals surface area contributed by atoms with Gasteiger partial charge in [-0.2, -0.15) is 0 Å². The lowest BCUT2D eigenvalue weighted by Crippen LogP contribution is -2.36. The Bertz CT molecular complexity index is 825. The van der Waals surface area contributed by atoms with Crippen molar-refractivity contribution in [1.82, 2.24) is 15.0 Å². The zero-order valence-corrected chi connectivity index (χ0v) is 13.7. The molecule has 3 aromatic heterocycles. The maximum absolute atomic E-state index is 5.85. The Morgan fingerprint density at radius 2 is 1.96 bits per heavy atom. The van der Waals surface area contributed by atoms with Crippen LogP contribution in [-0.4, -0.2) is 34.6 Å². The molecule has 3 aromatic rings. The number of aromatic nitrogens is 3. The van der Waals surface area contributed by atoms with Gasteiger partial charge in [0.25, 0.3) is 0 Å². The van der Waals surface area contributed by atoms with Crippen molar-refractivity contribution in [2.75, 3.05) is 24.6 Å². The van der Waals surface area contributed by atoms with Crippen LogP contribution in [0.15, 0.2) is 41.4 Å². The van der Waals surface area contributed by atoms with Gasteiger partial charge in [-0.3, -0.25) is 4.98 Å². The van der Waals surface area contributed by atoms with Crippen molar-refractivity contribution in [3.63, 3.8) is 0 Å². The molecule has 0 bridgehead atoms. The maximum Gasteiger partial charge on any atom is 0.235 e. The second kappa shape index (κ2) is 6.47. The Morgan fingerprint density at radius 1 is 1.12 bits per heavy atom. The van der Waals surface area contributed by atoms with E-state index >= 15 is 0 Å². The van der Waals surface area contributed by atoms with Crippen molar-refractivity contribution in [2.45, 2.75) is 19.8 Å². The summed E-state index contributed by atoms with van der Waals surface area (Å²) >= 11 is 0. The summed E-state index contributed by atoms with van der Waals surface area (Å²) in [6.45, 7) is 4.56. The number of hydrogen-bond donors (Lipinski definition) is 0. The van der Waals surface area contributed by atoms with Gasteiger partial charge >= 0.3 is 0 Å². The molecule has 0 N–H and O–H groups in total. The number of fused-ring (bicyclic) bond motifs is 1. The van der Waals surface area contributed by atoms with E-state index in [0.29, 0.717) is 18.4 Å². The first kappa shape index (κ1) is 14.9.